The summed E-state index contributed by atoms with van der Waals surface area (Å²) in [5, 5.41) is 9.71. The zero-order valence-electron chi connectivity index (χ0n) is 6.64. The summed E-state index contributed by atoms with van der Waals surface area (Å²) < 4.78 is 0.529. The third-order valence-corrected chi connectivity index (χ3v) is 2.27. The number of aliphatic hydroxyl groups is 1. The van der Waals surface area contributed by atoms with Gasteiger partial charge in [0.1, 0.15) is 0 Å². The lowest BCUT2D eigenvalue weighted by molar-refractivity contribution is -0.541. The van der Waals surface area contributed by atoms with Crippen molar-refractivity contribution < 1.29 is 9.87 Å². The minimum absolute atomic E-state index is 0.405. The van der Waals surface area contributed by atoms with Crippen LogP contribution in [0.3, 0.4) is 0 Å². The second-order valence-corrected chi connectivity index (χ2v) is 3.18. The first-order valence-corrected chi connectivity index (χ1v) is 4.19. The SMILES string of the molecule is O=[N+]1c2cccc(Cl)c2C=CC1O. The number of hydrogen-bond donors (Lipinski definition) is 1. The quantitative estimate of drug-likeness (QED) is 0.646. The first-order chi connectivity index (χ1) is 6.20. The average molecular weight is 197 g/mol. The highest BCUT2D eigenvalue weighted by molar-refractivity contribution is 6.32. The lowest BCUT2D eigenvalue weighted by Crippen LogP contribution is -2.19. The summed E-state index contributed by atoms with van der Waals surface area (Å²) >= 11 is 5.86. The Hall–Kier alpha value is -1.19. The Kier molecular flexibility index (Phi) is 1.90. The molecule has 1 unspecified atom stereocenters. The van der Waals surface area contributed by atoms with Crippen LogP contribution in [0.1, 0.15) is 5.56 Å². The maximum Gasteiger partial charge on any atom is 0.329 e. The maximum atomic E-state index is 11.3. The van der Waals surface area contributed by atoms with Crippen molar-refractivity contribution in [2.75, 3.05) is 0 Å². The van der Waals surface area contributed by atoms with Crippen LogP contribution in [-0.4, -0.2) is 16.1 Å². The first-order valence-electron chi connectivity index (χ1n) is 3.81. The molecule has 4 heteroatoms. The smallest absolute Gasteiger partial charge is 0.329 e. The Morgan fingerprint density at radius 1 is 1.46 bits per heavy atom. The fourth-order valence-corrected chi connectivity index (χ4v) is 1.52. The van der Waals surface area contributed by atoms with E-state index in [0.29, 0.717) is 21.0 Å². The van der Waals surface area contributed by atoms with Crippen LogP contribution in [0.2, 0.25) is 5.02 Å². The van der Waals surface area contributed by atoms with Crippen molar-refractivity contribution in [3.8, 4) is 0 Å². The lowest BCUT2D eigenvalue weighted by atomic mass is 10.1. The molecule has 66 valence electrons. The van der Waals surface area contributed by atoms with E-state index in [2.05, 4.69) is 0 Å². The van der Waals surface area contributed by atoms with Crippen molar-refractivity contribution in [1.29, 1.82) is 0 Å². The van der Waals surface area contributed by atoms with Crippen LogP contribution >= 0.6 is 11.6 Å². The van der Waals surface area contributed by atoms with Gasteiger partial charge in [-0.05, 0) is 12.1 Å². The van der Waals surface area contributed by atoms with Gasteiger partial charge in [0.15, 0.2) is 0 Å². The molecule has 0 saturated carbocycles. The van der Waals surface area contributed by atoms with Gasteiger partial charge in [0.25, 0.3) is 5.69 Å². The van der Waals surface area contributed by atoms with Gasteiger partial charge in [-0.2, -0.15) is 0 Å². The third-order valence-electron chi connectivity index (χ3n) is 1.94. The molecular formula is C9H7ClNO2+. The molecule has 1 aromatic rings. The summed E-state index contributed by atoms with van der Waals surface area (Å²) in [5.41, 5.74) is 1.06. The van der Waals surface area contributed by atoms with Crippen molar-refractivity contribution in [2.24, 2.45) is 0 Å². The standard InChI is InChI=1S/C9H7ClNO2/c10-7-2-1-3-8-6(7)4-5-9(12)11(8)13/h1-5,9,12H/q+1. The van der Waals surface area contributed by atoms with E-state index in [1.807, 2.05) is 0 Å². The topological polar surface area (TPSA) is 40.3 Å². The molecule has 0 aromatic heterocycles. The molecule has 0 spiro atoms. The maximum absolute atomic E-state index is 11.3. The summed E-state index contributed by atoms with van der Waals surface area (Å²) in [7, 11) is 0. The van der Waals surface area contributed by atoms with E-state index in [9.17, 15) is 10.0 Å². The molecule has 0 amide bonds. The molecule has 13 heavy (non-hydrogen) atoms. The van der Waals surface area contributed by atoms with Crippen molar-refractivity contribution in [2.45, 2.75) is 6.23 Å². The molecular weight excluding hydrogens is 190 g/mol. The number of halogens is 1. The summed E-state index contributed by atoms with van der Waals surface area (Å²) in [4.78, 5) is 11.3. The van der Waals surface area contributed by atoms with E-state index in [4.69, 9.17) is 11.6 Å². The van der Waals surface area contributed by atoms with Gasteiger partial charge in [-0.3, -0.25) is 0 Å². The summed E-state index contributed by atoms with van der Waals surface area (Å²) in [6, 6.07) is 5.01. The predicted molar refractivity (Wildman–Crippen MR) is 49.8 cm³/mol. The molecule has 0 saturated heterocycles. The van der Waals surface area contributed by atoms with Gasteiger partial charge >= 0.3 is 6.23 Å². The molecule has 1 N–H and O–H groups in total. The molecule has 0 fully saturated rings. The number of nitroso groups, excluding NO2 is 1. The minimum atomic E-state index is -1.11. The molecule has 1 aliphatic rings. The van der Waals surface area contributed by atoms with Crippen LogP contribution in [0.5, 0.6) is 0 Å². The van der Waals surface area contributed by atoms with Gasteiger partial charge in [0.2, 0.25) is 0 Å². The third kappa shape index (κ3) is 1.26. The molecule has 0 radical (unpaired) electrons. The van der Waals surface area contributed by atoms with E-state index in [0.717, 1.165) is 0 Å². The Labute approximate surface area is 79.8 Å². The Morgan fingerprint density at radius 3 is 3.00 bits per heavy atom. The molecule has 2 rings (SSSR count). The fraction of sp³-hybridized carbons (Fsp3) is 0.111. The van der Waals surface area contributed by atoms with Gasteiger partial charge in [0, 0.05) is 17.0 Å². The Morgan fingerprint density at radius 2 is 2.23 bits per heavy atom. The van der Waals surface area contributed by atoms with E-state index >= 15 is 0 Å². The van der Waals surface area contributed by atoms with Gasteiger partial charge in [-0.15, -0.1) is 0 Å². The summed E-state index contributed by atoms with van der Waals surface area (Å²) in [5.74, 6) is 0. The van der Waals surface area contributed by atoms with Gasteiger partial charge in [-0.1, -0.05) is 17.7 Å². The zero-order valence-corrected chi connectivity index (χ0v) is 7.40. The second-order valence-electron chi connectivity index (χ2n) is 2.77. The summed E-state index contributed by atoms with van der Waals surface area (Å²) in [6.45, 7) is 0. The molecule has 1 aliphatic heterocycles. The highest BCUT2D eigenvalue weighted by Gasteiger charge is 2.29. The normalized spacial score (nSPS) is 20.2. The number of benzene rings is 1. The first kappa shape index (κ1) is 8.41. The van der Waals surface area contributed by atoms with E-state index in [1.54, 1.807) is 24.3 Å². The van der Waals surface area contributed by atoms with Crippen LogP contribution in [0.4, 0.5) is 5.69 Å². The Balaban J connectivity index is 2.65. The highest BCUT2D eigenvalue weighted by Crippen LogP contribution is 2.31. The lowest BCUT2D eigenvalue weighted by Gasteiger charge is -2.06. The van der Waals surface area contributed by atoms with Gasteiger partial charge in [-0.25, -0.2) is 0 Å². The van der Waals surface area contributed by atoms with Crippen LogP contribution in [0, 0.1) is 4.91 Å². The van der Waals surface area contributed by atoms with E-state index in [-0.39, 0.29) is 0 Å². The van der Waals surface area contributed by atoms with E-state index < -0.39 is 6.23 Å². The second kappa shape index (κ2) is 2.94. The van der Waals surface area contributed by atoms with Gasteiger partial charge in [0.05, 0.1) is 15.3 Å². The average Bonchev–Trinajstić information content (AvgIpc) is 2.12. The molecule has 3 nitrogen and oxygen atoms in total. The van der Waals surface area contributed by atoms with Crippen LogP contribution in [0.25, 0.3) is 6.08 Å². The molecule has 1 aromatic carbocycles. The fourth-order valence-electron chi connectivity index (χ4n) is 1.29. The predicted octanol–water partition coefficient (Wildman–Crippen LogP) is 2.10. The molecule has 0 aliphatic carbocycles. The number of rotatable bonds is 0. The zero-order chi connectivity index (χ0) is 9.42. The van der Waals surface area contributed by atoms with Crippen molar-refractivity contribution >= 4 is 23.4 Å². The molecule has 0 bridgehead atoms. The Bertz CT molecular complexity index is 401. The van der Waals surface area contributed by atoms with Crippen molar-refractivity contribution in [3.63, 3.8) is 0 Å². The highest BCUT2D eigenvalue weighted by atomic mass is 35.5. The summed E-state index contributed by atoms with van der Waals surface area (Å²) in [6.07, 6.45) is 1.95. The minimum Gasteiger partial charge on any atom is -0.330 e. The molecule has 1 atom stereocenters. The number of fused-ring (bicyclic) bond motifs is 1. The van der Waals surface area contributed by atoms with Crippen molar-refractivity contribution in [3.05, 3.63) is 39.8 Å². The van der Waals surface area contributed by atoms with E-state index in [1.165, 1.54) is 6.08 Å². The monoisotopic (exact) mass is 196 g/mol. The number of nitrogens with zero attached hydrogens (tertiary/aromatic N) is 1. The van der Waals surface area contributed by atoms with Crippen molar-refractivity contribution in [1.82, 2.24) is 0 Å². The van der Waals surface area contributed by atoms with Crippen LogP contribution in [-0.2, 0) is 0 Å². The number of hydrogen-bond acceptors (Lipinski definition) is 2. The van der Waals surface area contributed by atoms with Crippen LogP contribution < -0.4 is 0 Å². The van der Waals surface area contributed by atoms with Gasteiger partial charge < -0.3 is 5.11 Å². The van der Waals surface area contributed by atoms with Crippen LogP contribution in [0.15, 0.2) is 24.3 Å². The largest absolute Gasteiger partial charge is 0.330 e. The molecule has 1 heterocycles. The number of aliphatic hydroxyl groups excluding tert-OH is 1.